The zero-order valence-corrected chi connectivity index (χ0v) is 10.5. The van der Waals surface area contributed by atoms with Gasteiger partial charge < -0.3 is 15.7 Å². The number of carbonyl (C=O) groups is 3. The van der Waals surface area contributed by atoms with Gasteiger partial charge in [0.2, 0.25) is 11.8 Å². The second kappa shape index (κ2) is 5.50. The highest BCUT2D eigenvalue weighted by molar-refractivity contribution is 6.34. The van der Waals surface area contributed by atoms with Crippen molar-refractivity contribution in [1.29, 1.82) is 0 Å². The van der Waals surface area contributed by atoms with Crippen molar-refractivity contribution >= 4 is 40.8 Å². The zero-order valence-electron chi connectivity index (χ0n) is 9.70. The highest BCUT2D eigenvalue weighted by Gasteiger charge is 2.15. The molecule has 0 radical (unpaired) electrons. The second-order valence-electron chi connectivity index (χ2n) is 3.55. The van der Waals surface area contributed by atoms with Crippen LogP contribution in [0.1, 0.15) is 24.2 Å². The van der Waals surface area contributed by atoms with E-state index in [9.17, 15) is 14.4 Å². The van der Waals surface area contributed by atoms with Crippen molar-refractivity contribution < 1.29 is 19.5 Å². The van der Waals surface area contributed by atoms with Crippen molar-refractivity contribution in [3.8, 4) is 0 Å². The van der Waals surface area contributed by atoms with E-state index in [-0.39, 0.29) is 27.9 Å². The van der Waals surface area contributed by atoms with Gasteiger partial charge in [0.05, 0.1) is 22.0 Å². The molecule has 0 heterocycles. The molecule has 3 N–H and O–H groups in total. The molecule has 6 nitrogen and oxygen atoms in total. The molecule has 0 saturated heterocycles. The Bertz CT molecular complexity index is 528. The van der Waals surface area contributed by atoms with Crippen LogP contribution in [0.4, 0.5) is 11.4 Å². The predicted octanol–water partition coefficient (Wildman–Crippen LogP) is 1.95. The Morgan fingerprint density at radius 2 is 1.56 bits per heavy atom. The minimum atomic E-state index is -1.23. The van der Waals surface area contributed by atoms with Crippen molar-refractivity contribution in [3.63, 3.8) is 0 Å². The Labute approximate surface area is 108 Å². The van der Waals surface area contributed by atoms with Crippen LogP contribution in [-0.2, 0) is 9.59 Å². The van der Waals surface area contributed by atoms with Crippen molar-refractivity contribution in [1.82, 2.24) is 0 Å². The van der Waals surface area contributed by atoms with E-state index in [0.29, 0.717) is 0 Å². The predicted molar refractivity (Wildman–Crippen MR) is 67.0 cm³/mol. The fourth-order valence-electron chi connectivity index (χ4n) is 1.33. The van der Waals surface area contributed by atoms with E-state index in [1.54, 1.807) is 0 Å². The van der Waals surface area contributed by atoms with E-state index in [1.807, 2.05) is 0 Å². The number of amides is 2. The minimum Gasteiger partial charge on any atom is -0.478 e. The Hall–Kier alpha value is -2.08. The summed E-state index contributed by atoms with van der Waals surface area (Å²) in [5, 5.41) is 13.9. The van der Waals surface area contributed by atoms with Gasteiger partial charge in [-0.1, -0.05) is 11.6 Å². The number of anilines is 2. The first kappa shape index (κ1) is 14.0. The van der Waals surface area contributed by atoms with Crippen molar-refractivity contribution in [2.45, 2.75) is 13.8 Å². The number of benzene rings is 1. The van der Waals surface area contributed by atoms with Crippen LogP contribution in [0.2, 0.25) is 5.02 Å². The lowest BCUT2D eigenvalue weighted by atomic mass is 10.1. The van der Waals surface area contributed by atoms with Gasteiger partial charge in [0.1, 0.15) is 0 Å². The molecule has 1 aromatic rings. The van der Waals surface area contributed by atoms with Gasteiger partial charge in [-0.3, -0.25) is 9.59 Å². The lowest BCUT2D eigenvalue weighted by Crippen LogP contribution is -2.13. The SMILES string of the molecule is CC(=O)Nc1cc(NC(C)=O)c(C(=O)O)cc1Cl. The molecule has 96 valence electrons. The molecule has 0 fully saturated rings. The van der Waals surface area contributed by atoms with Gasteiger partial charge in [0.25, 0.3) is 0 Å². The molecule has 1 aromatic carbocycles. The third kappa shape index (κ3) is 3.46. The van der Waals surface area contributed by atoms with Crippen LogP contribution in [0.3, 0.4) is 0 Å². The standard InChI is InChI=1S/C11H11ClN2O4/c1-5(15)13-9-4-10(14-6(2)16)8(12)3-7(9)11(17)18/h3-4H,1-2H3,(H,13,15)(H,14,16)(H,17,18). The smallest absolute Gasteiger partial charge is 0.337 e. The Morgan fingerprint density at radius 3 is 2.00 bits per heavy atom. The van der Waals surface area contributed by atoms with E-state index in [4.69, 9.17) is 16.7 Å². The lowest BCUT2D eigenvalue weighted by molar-refractivity contribution is -0.115. The van der Waals surface area contributed by atoms with Crippen LogP contribution < -0.4 is 10.6 Å². The van der Waals surface area contributed by atoms with Gasteiger partial charge in [-0.2, -0.15) is 0 Å². The number of rotatable bonds is 3. The largest absolute Gasteiger partial charge is 0.478 e. The summed E-state index contributed by atoms with van der Waals surface area (Å²) >= 11 is 5.84. The van der Waals surface area contributed by atoms with Crippen LogP contribution in [0.25, 0.3) is 0 Å². The number of nitrogens with one attached hydrogen (secondary N) is 2. The number of carbonyl (C=O) groups excluding carboxylic acids is 2. The summed E-state index contributed by atoms with van der Waals surface area (Å²) in [5.41, 5.74) is 0.158. The molecule has 0 bridgehead atoms. The minimum absolute atomic E-state index is 0.0724. The Morgan fingerprint density at radius 1 is 1.06 bits per heavy atom. The quantitative estimate of drug-likeness (QED) is 0.782. The molecular weight excluding hydrogens is 260 g/mol. The number of aromatic carboxylic acids is 1. The molecule has 1 rings (SSSR count). The number of halogens is 1. The van der Waals surface area contributed by atoms with Gasteiger partial charge in [0.15, 0.2) is 0 Å². The molecule has 0 aromatic heterocycles. The van der Waals surface area contributed by atoms with Gasteiger partial charge in [0, 0.05) is 13.8 Å². The maximum absolute atomic E-state index is 11.0. The van der Waals surface area contributed by atoms with Crippen LogP contribution in [0.15, 0.2) is 12.1 Å². The van der Waals surface area contributed by atoms with Crippen molar-refractivity contribution in [2.24, 2.45) is 0 Å². The van der Waals surface area contributed by atoms with E-state index in [0.717, 1.165) is 0 Å². The molecule has 0 aliphatic heterocycles. The summed E-state index contributed by atoms with van der Waals surface area (Å²) < 4.78 is 0. The topological polar surface area (TPSA) is 95.5 Å². The van der Waals surface area contributed by atoms with Crippen molar-refractivity contribution in [2.75, 3.05) is 10.6 Å². The van der Waals surface area contributed by atoms with Crippen LogP contribution in [-0.4, -0.2) is 22.9 Å². The van der Waals surface area contributed by atoms with E-state index in [1.165, 1.54) is 26.0 Å². The molecule has 2 amide bonds. The van der Waals surface area contributed by atoms with Gasteiger partial charge in [-0.05, 0) is 12.1 Å². The molecule has 0 unspecified atom stereocenters. The third-order valence-corrected chi connectivity index (χ3v) is 2.27. The second-order valence-corrected chi connectivity index (χ2v) is 3.95. The number of hydrogen-bond donors (Lipinski definition) is 3. The van der Waals surface area contributed by atoms with Crippen LogP contribution in [0, 0.1) is 0 Å². The summed E-state index contributed by atoms with van der Waals surface area (Å²) in [6, 6.07) is 2.47. The monoisotopic (exact) mass is 270 g/mol. The number of hydrogen-bond acceptors (Lipinski definition) is 3. The maximum Gasteiger partial charge on any atom is 0.337 e. The molecule has 0 aliphatic carbocycles. The number of carboxylic acid groups (broad SMARTS) is 1. The first-order chi connectivity index (χ1) is 8.31. The normalized spacial score (nSPS) is 9.72. The van der Waals surface area contributed by atoms with Crippen molar-refractivity contribution in [3.05, 3.63) is 22.7 Å². The Kier molecular flexibility index (Phi) is 4.28. The van der Waals surface area contributed by atoms with Gasteiger partial charge in [-0.25, -0.2) is 4.79 Å². The molecule has 0 atom stereocenters. The first-order valence-corrected chi connectivity index (χ1v) is 5.31. The summed E-state index contributed by atoms with van der Waals surface area (Å²) in [7, 11) is 0. The Balaban J connectivity index is 3.30. The fourth-order valence-corrected chi connectivity index (χ4v) is 1.54. The molecule has 7 heteroatoms. The summed E-state index contributed by atoms with van der Waals surface area (Å²) in [6.45, 7) is 2.54. The summed E-state index contributed by atoms with van der Waals surface area (Å²) in [5.74, 6) is -2.00. The van der Waals surface area contributed by atoms with Gasteiger partial charge >= 0.3 is 5.97 Å². The molecular formula is C11H11ClN2O4. The number of carboxylic acids is 1. The molecule has 0 spiro atoms. The molecule has 18 heavy (non-hydrogen) atoms. The maximum atomic E-state index is 11.0. The molecule has 0 aliphatic rings. The van der Waals surface area contributed by atoms with E-state index < -0.39 is 11.9 Å². The zero-order chi connectivity index (χ0) is 13.9. The third-order valence-electron chi connectivity index (χ3n) is 1.96. The van der Waals surface area contributed by atoms with E-state index in [2.05, 4.69) is 10.6 Å². The average molecular weight is 271 g/mol. The highest BCUT2D eigenvalue weighted by atomic mass is 35.5. The van der Waals surface area contributed by atoms with Crippen LogP contribution >= 0.6 is 11.6 Å². The van der Waals surface area contributed by atoms with Crippen LogP contribution in [0.5, 0.6) is 0 Å². The lowest BCUT2D eigenvalue weighted by Gasteiger charge is -2.11. The average Bonchev–Trinajstić information content (AvgIpc) is 2.20. The summed E-state index contributed by atoms with van der Waals surface area (Å²) in [6.07, 6.45) is 0. The highest BCUT2D eigenvalue weighted by Crippen LogP contribution is 2.29. The van der Waals surface area contributed by atoms with E-state index >= 15 is 0 Å². The first-order valence-electron chi connectivity index (χ1n) is 4.93. The van der Waals surface area contributed by atoms with Gasteiger partial charge in [-0.15, -0.1) is 0 Å². The summed E-state index contributed by atoms with van der Waals surface area (Å²) in [4.78, 5) is 32.9. The molecule has 0 saturated carbocycles. The fraction of sp³-hybridized carbons (Fsp3) is 0.182.